The van der Waals surface area contributed by atoms with Gasteiger partial charge in [-0.2, -0.15) is 5.26 Å². The fourth-order valence-electron chi connectivity index (χ4n) is 1.75. The van der Waals surface area contributed by atoms with Crippen LogP contribution in [-0.2, 0) is 0 Å². The van der Waals surface area contributed by atoms with Crippen LogP contribution in [0, 0.1) is 11.3 Å². The molecule has 2 rings (SSSR count). The van der Waals surface area contributed by atoms with Crippen molar-refractivity contribution in [3.05, 3.63) is 29.3 Å². The van der Waals surface area contributed by atoms with Gasteiger partial charge in [0.1, 0.15) is 0 Å². The maximum atomic E-state index is 9.08. The third-order valence-electron chi connectivity index (χ3n) is 2.39. The van der Waals surface area contributed by atoms with E-state index in [0.29, 0.717) is 5.56 Å². The molecule has 1 heterocycles. The number of hydrogen-bond acceptors (Lipinski definition) is 3. The van der Waals surface area contributed by atoms with Crippen molar-refractivity contribution in [1.29, 1.82) is 5.26 Å². The minimum Gasteiger partial charge on any atom is -0.396 e. The Labute approximate surface area is 76.6 Å². The lowest BCUT2D eigenvalue weighted by Gasteiger charge is -2.06. The van der Waals surface area contributed by atoms with Crippen LogP contribution >= 0.6 is 0 Å². The van der Waals surface area contributed by atoms with E-state index >= 15 is 0 Å². The minimum absolute atomic E-state index is 0.0749. The molecule has 1 atom stereocenters. The van der Waals surface area contributed by atoms with Gasteiger partial charge in [0, 0.05) is 23.7 Å². The zero-order chi connectivity index (χ0) is 9.26. The molecule has 0 radical (unpaired) electrons. The van der Waals surface area contributed by atoms with Crippen LogP contribution in [0.1, 0.15) is 17.0 Å². The molecule has 13 heavy (non-hydrogen) atoms. The highest BCUT2D eigenvalue weighted by molar-refractivity contribution is 5.63. The summed E-state index contributed by atoms with van der Waals surface area (Å²) in [5, 5.41) is 21.1. The molecule has 3 nitrogen and oxygen atoms in total. The monoisotopic (exact) mass is 174 g/mol. The molecule has 3 heteroatoms. The molecular weight excluding hydrogens is 164 g/mol. The second kappa shape index (κ2) is 3.08. The largest absolute Gasteiger partial charge is 0.396 e. The Morgan fingerprint density at radius 2 is 2.46 bits per heavy atom. The van der Waals surface area contributed by atoms with Gasteiger partial charge in [0.25, 0.3) is 0 Å². The van der Waals surface area contributed by atoms with Gasteiger partial charge in [-0.25, -0.2) is 0 Å². The summed E-state index contributed by atoms with van der Waals surface area (Å²) >= 11 is 0. The Hall–Kier alpha value is -1.53. The molecule has 2 N–H and O–H groups in total. The molecule has 0 saturated carbocycles. The van der Waals surface area contributed by atoms with Crippen LogP contribution in [0.15, 0.2) is 18.2 Å². The first-order chi connectivity index (χ1) is 6.36. The molecule has 1 aliphatic rings. The summed E-state index contributed by atoms with van der Waals surface area (Å²) < 4.78 is 0. The van der Waals surface area contributed by atoms with Gasteiger partial charge in [-0.3, -0.25) is 0 Å². The SMILES string of the molecule is N#Cc1cccc2c1C(CO)CN2. The molecule has 1 aromatic rings. The summed E-state index contributed by atoms with van der Waals surface area (Å²) in [5.74, 6) is 0.0749. The molecule has 1 unspecified atom stereocenters. The highest BCUT2D eigenvalue weighted by atomic mass is 16.3. The summed E-state index contributed by atoms with van der Waals surface area (Å²) in [6, 6.07) is 7.71. The van der Waals surface area contributed by atoms with Gasteiger partial charge in [-0.15, -0.1) is 0 Å². The van der Waals surface area contributed by atoms with Gasteiger partial charge in [-0.05, 0) is 12.1 Å². The quantitative estimate of drug-likeness (QED) is 0.669. The number of nitrogens with zero attached hydrogens (tertiary/aromatic N) is 1. The maximum Gasteiger partial charge on any atom is 0.0995 e. The number of benzene rings is 1. The Balaban J connectivity index is 2.54. The van der Waals surface area contributed by atoms with Crippen molar-refractivity contribution in [2.75, 3.05) is 18.5 Å². The number of fused-ring (bicyclic) bond motifs is 1. The Kier molecular flexibility index (Phi) is 1.91. The van der Waals surface area contributed by atoms with Gasteiger partial charge in [-0.1, -0.05) is 6.07 Å². The van der Waals surface area contributed by atoms with Crippen LogP contribution in [0.25, 0.3) is 0 Å². The number of aliphatic hydroxyl groups is 1. The van der Waals surface area contributed by atoms with Crippen molar-refractivity contribution in [3.63, 3.8) is 0 Å². The summed E-state index contributed by atoms with van der Waals surface area (Å²) in [6.45, 7) is 0.823. The van der Waals surface area contributed by atoms with Gasteiger partial charge in [0.05, 0.1) is 18.2 Å². The van der Waals surface area contributed by atoms with E-state index in [1.165, 1.54) is 0 Å². The lowest BCUT2D eigenvalue weighted by Crippen LogP contribution is -2.06. The molecule has 0 bridgehead atoms. The fourth-order valence-corrected chi connectivity index (χ4v) is 1.75. The lowest BCUT2D eigenvalue weighted by molar-refractivity contribution is 0.273. The van der Waals surface area contributed by atoms with E-state index in [-0.39, 0.29) is 12.5 Å². The molecular formula is C10H10N2O. The molecule has 66 valence electrons. The molecule has 0 amide bonds. The first kappa shape index (κ1) is 8.09. The third-order valence-corrected chi connectivity index (χ3v) is 2.39. The van der Waals surface area contributed by atoms with E-state index in [2.05, 4.69) is 11.4 Å². The average Bonchev–Trinajstić information content (AvgIpc) is 2.60. The smallest absolute Gasteiger partial charge is 0.0995 e. The number of hydrogen-bond donors (Lipinski definition) is 2. The highest BCUT2D eigenvalue weighted by Gasteiger charge is 2.23. The second-order valence-electron chi connectivity index (χ2n) is 3.14. The molecule has 0 fully saturated rings. The zero-order valence-electron chi connectivity index (χ0n) is 7.12. The number of rotatable bonds is 1. The van der Waals surface area contributed by atoms with Gasteiger partial charge in [0.15, 0.2) is 0 Å². The minimum atomic E-state index is 0.0749. The van der Waals surface area contributed by atoms with E-state index in [1.54, 1.807) is 6.07 Å². The van der Waals surface area contributed by atoms with E-state index in [9.17, 15) is 0 Å². The van der Waals surface area contributed by atoms with Crippen molar-refractivity contribution in [1.82, 2.24) is 0 Å². The first-order valence-electron chi connectivity index (χ1n) is 4.24. The van der Waals surface area contributed by atoms with Crippen LogP contribution in [0.4, 0.5) is 5.69 Å². The predicted octanol–water partition coefficient (Wildman–Crippen LogP) is 1.06. The van der Waals surface area contributed by atoms with Crippen molar-refractivity contribution in [2.45, 2.75) is 5.92 Å². The normalized spacial score (nSPS) is 18.9. The van der Waals surface area contributed by atoms with Crippen LogP contribution in [0.2, 0.25) is 0 Å². The Morgan fingerprint density at radius 3 is 3.15 bits per heavy atom. The Morgan fingerprint density at radius 1 is 1.62 bits per heavy atom. The number of nitriles is 1. The summed E-state index contributed by atoms with van der Waals surface area (Å²) in [6.07, 6.45) is 0. The molecule has 0 saturated heterocycles. The summed E-state index contributed by atoms with van der Waals surface area (Å²) in [4.78, 5) is 0. The fraction of sp³-hybridized carbons (Fsp3) is 0.300. The van der Waals surface area contributed by atoms with Crippen molar-refractivity contribution < 1.29 is 5.11 Å². The maximum absolute atomic E-state index is 9.08. The topological polar surface area (TPSA) is 56.0 Å². The molecule has 0 aliphatic carbocycles. The van der Waals surface area contributed by atoms with Crippen molar-refractivity contribution in [2.24, 2.45) is 0 Å². The van der Waals surface area contributed by atoms with Gasteiger partial charge in [0.2, 0.25) is 0 Å². The summed E-state index contributed by atoms with van der Waals surface area (Å²) in [7, 11) is 0. The number of nitrogens with one attached hydrogen (secondary N) is 1. The number of aliphatic hydroxyl groups excluding tert-OH is 1. The van der Waals surface area contributed by atoms with Gasteiger partial charge < -0.3 is 10.4 Å². The molecule has 0 spiro atoms. The highest BCUT2D eigenvalue weighted by Crippen LogP contribution is 2.33. The van der Waals surface area contributed by atoms with E-state index in [4.69, 9.17) is 10.4 Å². The van der Waals surface area contributed by atoms with E-state index in [0.717, 1.165) is 17.8 Å². The van der Waals surface area contributed by atoms with Crippen LogP contribution in [0.3, 0.4) is 0 Å². The predicted molar refractivity (Wildman–Crippen MR) is 49.5 cm³/mol. The van der Waals surface area contributed by atoms with Gasteiger partial charge >= 0.3 is 0 Å². The zero-order valence-corrected chi connectivity index (χ0v) is 7.12. The van der Waals surface area contributed by atoms with E-state index < -0.39 is 0 Å². The second-order valence-corrected chi connectivity index (χ2v) is 3.14. The number of anilines is 1. The Bertz CT molecular complexity index is 368. The third kappa shape index (κ3) is 1.16. The summed E-state index contributed by atoms with van der Waals surface area (Å²) in [5.41, 5.74) is 2.62. The van der Waals surface area contributed by atoms with Crippen LogP contribution < -0.4 is 5.32 Å². The lowest BCUT2D eigenvalue weighted by atomic mass is 9.97. The standard InChI is InChI=1S/C10H10N2O/c11-4-7-2-1-3-9-10(7)8(6-13)5-12-9/h1-3,8,12-13H,5-6H2. The molecule has 0 aromatic heterocycles. The van der Waals surface area contributed by atoms with E-state index in [1.807, 2.05) is 12.1 Å². The van der Waals surface area contributed by atoms with Crippen molar-refractivity contribution in [3.8, 4) is 6.07 Å². The van der Waals surface area contributed by atoms with Crippen LogP contribution in [0.5, 0.6) is 0 Å². The van der Waals surface area contributed by atoms with Crippen LogP contribution in [-0.4, -0.2) is 18.3 Å². The average molecular weight is 174 g/mol. The molecule has 1 aliphatic heterocycles. The molecule has 1 aromatic carbocycles. The van der Waals surface area contributed by atoms with Crippen molar-refractivity contribution >= 4 is 5.69 Å². The first-order valence-corrected chi connectivity index (χ1v) is 4.24.